The molecule has 0 atom stereocenters. The van der Waals surface area contributed by atoms with E-state index in [1.807, 2.05) is 29.2 Å². The van der Waals surface area contributed by atoms with Crippen LogP contribution in [0.3, 0.4) is 0 Å². The van der Waals surface area contributed by atoms with Gasteiger partial charge < -0.3 is 9.64 Å². The summed E-state index contributed by atoms with van der Waals surface area (Å²) < 4.78 is 5.07. The van der Waals surface area contributed by atoms with Gasteiger partial charge in [-0.1, -0.05) is 12.1 Å². The highest BCUT2D eigenvalue weighted by molar-refractivity contribution is 6.17. The Morgan fingerprint density at radius 1 is 1.50 bits per heavy atom. The number of carbonyl (C=O) groups excluding carboxylic acids is 1. The van der Waals surface area contributed by atoms with Crippen LogP contribution in [0, 0.1) is 0 Å². The molecule has 0 radical (unpaired) electrons. The fraction of sp³-hybridized carbons (Fsp3) is 0.500. The van der Waals surface area contributed by atoms with Crippen molar-refractivity contribution in [3.05, 3.63) is 35.4 Å². The van der Waals surface area contributed by atoms with Crippen molar-refractivity contribution < 1.29 is 9.53 Å². The summed E-state index contributed by atoms with van der Waals surface area (Å²) in [4.78, 5) is 14.3. The highest BCUT2D eigenvalue weighted by Gasteiger charge is 2.32. The van der Waals surface area contributed by atoms with Crippen molar-refractivity contribution in [2.75, 3.05) is 20.3 Å². The Hall–Kier alpha value is -1.06. The predicted octanol–water partition coefficient (Wildman–Crippen LogP) is 2.68. The Morgan fingerprint density at radius 3 is 2.89 bits per heavy atom. The lowest BCUT2D eigenvalue weighted by molar-refractivity contribution is 0.0680. The number of hydrogen-bond donors (Lipinski definition) is 0. The van der Waals surface area contributed by atoms with E-state index in [1.54, 1.807) is 7.11 Å². The molecule has 0 saturated heterocycles. The van der Waals surface area contributed by atoms with E-state index in [2.05, 4.69) is 0 Å². The van der Waals surface area contributed by atoms with Gasteiger partial charge in [0, 0.05) is 31.1 Å². The topological polar surface area (TPSA) is 29.5 Å². The molecule has 18 heavy (non-hydrogen) atoms. The standard InChI is InChI=1S/C14H18ClNO2/c1-18-8-7-16(13-5-6-13)14(17)12-4-2-3-11(9-12)10-15/h2-4,9,13H,5-8,10H2,1H3. The molecule has 0 unspecified atom stereocenters. The van der Waals surface area contributed by atoms with Crippen LogP contribution in [-0.4, -0.2) is 37.1 Å². The molecule has 0 spiro atoms. The number of rotatable bonds is 6. The maximum absolute atomic E-state index is 12.4. The summed E-state index contributed by atoms with van der Waals surface area (Å²) in [5.74, 6) is 0.518. The molecular formula is C14H18ClNO2. The predicted molar refractivity (Wildman–Crippen MR) is 71.9 cm³/mol. The number of carbonyl (C=O) groups is 1. The molecule has 0 bridgehead atoms. The normalized spacial score (nSPS) is 14.6. The molecule has 1 fully saturated rings. The first-order chi connectivity index (χ1) is 8.76. The van der Waals surface area contributed by atoms with Crippen LogP contribution in [0.1, 0.15) is 28.8 Å². The van der Waals surface area contributed by atoms with Crippen LogP contribution in [-0.2, 0) is 10.6 Å². The fourth-order valence-electron chi connectivity index (χ4n) is 1.98. The summed E-state index contributed by atoms with van der Waals surface area (Å²) in [6.45, 7) is 1.24. The smallest absolute Gasteiger partial charge is 0.254 e. The third-order valence-electron chi connectivity index (χ3n) is 3.11. The Labute approximate surface area is 113 Å². The molecule has 1 aromatic carbocycles. The molecule has 0 aliphatic heterocycles. The van der Waals surface area contributed by atoms with Crippen LogP contribution in [0.5, 0.6) is 0 Å². The zero-order valence-corrected chi connectivity index (χ0v) is 11.3. The molecule has 2 rings (SSSR count). The molecule has 1 aliphatic carbocycles. The summed E-state index contributed by atoms with van der Waals surface area (Å²) >= 11 is 5.80. The van der Waals surface area contributed by atoms with Crippen molar-refractivity contribution in [2.24, 2.45) is 0 Å². The lowest BCUT2D eigenvalue weighted by Gasteiger charge is -2.22. The van der Waals surface area contributed by atoms with Gasteiger partial charge in [-0.3, -0.25) is 4.79 Å². The first kappa shape index (κ1) is 13.4. The molecule has 3 nitrogen and oxygen atoms in total. The van der Waals surface area contributed by atoms with Gasteiger partial charge in [0.25, 0.3) is 5.91 Å². The second-order valence-electron chi connectivity index (χ2n) is 4.56. The van der Waals surface area contributed by atoms with Gasteiger partial charge in [-0.2, -0.15) is 0 Å². The van der Waals surface area contributed by atoms with Crippen molar-refractivity contribution >= 4 is 17.5 Å². The molecule has 4 heteroatoms. The molecule has 98 valence electrons. The molecule has 1 saturated carbocycles. The average Bonchev–Trinajstić information content (AvgIpc) is 3.23. The fourth-order valence-corrected chi connectivity index (χ4v) is 2.15. The summed E-state index contributed by atoms with van der Waals surface area (Å²) in [5.41, 5.74) is 1.70. The first-order valence-electron chi connectivity index (χ1n) is 6.21. The second kappa shape index (κ2) is 6.21. The summed E-state index contributed by atoms with van der Waals surface area (Å²) in [7, 11) is 1.66. The van der Waals surface area contributed by atoms with E-state index >= 15 is 0 Å². The van der Waals surface area contributed by atoms with Gasteiger partial charge in [0.15, 0.2) is 0 Å². The Bertz CT molecular complexity index is 418. The number of nitrogens with zero attached hydrogens (tertiary/aromatic N) is 1. The largest absolute Gasteiger partial charge is 0.383 e. The van der Waals surface area contributed by atoms with Crippen molar-refractivity contribution in [1.82, 2.24) is 4.90 Å². The van der Waals surface area contributed by atoms with E-state index in [1.165, 1.54) is 0 Å². The van der Waals surface area contributed by atoms with E-state index < -0.39 is 0 Å². The third-order valence-corrected chi connectivity index (χ3v) is 3.42. The van der Waals surface area contributed by atoms with Crippen LogP contribution in [0.25, 0.3) is 0 Å². The minimum absolute atomic E-state index is 0.0847. The van der Waals surface area contributed by atoms with Crippen molar-refractivity contribution in [2.45, 2.75) is 24.8 Å². The summed E-state index contributed by atoms with van der Waals surface area (Å²) in [6, 6.07) is 7.93. The number of hydrogen-bond acceptors (Lipinski definition) is 2. The van der Waals surface area contributed by atoms with Gasteiger partial charge in [0.1, 0.15) is 0 Å². The number of ether oxygens (including phenoxy) is 1. The molecule has 0 aromatic heterocycles. The minimum atomic E-state index is 0.0847. The maximum atomic E-state index is 12.4. The van der Waals surface area contributed by atoms with E-state index in [9.17, 15) is 4.79 Å². The van der Waals surface area contributed by atoms with E-state index in [4.69, 9.17) is 16.3 Å². The van der Waals surface area contributed by atoms with E-state index in [-0.39, 0.29) is 5.91 Å². The van der Waals surface area contributed by atoms with Gasteiger partial charge in [-0.05, 0) is 30.5 Å². The van der Waals surface area contributed by atoms with Crippen LogP contribution in [0.15, 0.2) is 24.3 Å². The molecule has 1 aromatic rings. The molecular weight excluding hydrogens is 250 g/mol. The molecule has 0 N–H and O–H groups in total. The third kappa shape index (κ3) is 3.24. The summed E-state index contributed by atoms with van der Waals surface area (Å²) in [5, 5.41) is 0. The number of halogens is 1. The second-order valence-corrected chi connectivity index (χ2v) is 4.82. The maximum Gasteiger partial charge on any atom is 0.254 e. The van der Waals surface area contributed by atoms with Gasteiger partial charge in [0.2, 0.25) is 0 Å². The minimum Gasteiger partial charge on any atom is -0.383 e. The average molecular weight is 268 g/mol. The Balaban J connectivity index is 2.11. The highest BCUT2D eigenvalue weighted by atomic mass is 35.5. The highest BCUT2D eigenvalue weighted by Crippen LogP contribution is 2.28. The van der Waals surface area contributed by atoms with Crippen LogP contribution in [0.4, 0.5) is 0 Å². The Morgan fingerprint density at radius 2 is 2.28 bits per heavy atom. The van der Waals surface area contributed by atoms with Gasteiger partial charge in [0.05, 0.1) is 6.61 Å². The van der Waals surface area contributed by atoms with Gasteiger partial charge in [-0.15, -0.1) is 11.6 Å². The zero-order chi connectivity index (χ0) is 13.0. The number of amides is 1. The van der Waals surface area contributed by atoms with Crippen molar-refractivity contribution in [3.8, 4) is 0 Å². The van der Waals surface area contributed by atoms with Crippen LogP contribution in [0.2, 0.25) is 0 Å². The van der Waals surface area contributed by atoms with E-state index in [0.29, 0.717) is 25.1 Å². The molecule has 1 aliphatic rings. The van der Waals surface area contributed by atoms with Gasteiger partial charge in [-0.25, -0.2) is 0 Å². The van der Waals surface area contributed by atoms with Crippen molar-refractivity contribution in [1.29, 1.82) is 0 Å². The van der Waals surface area contributed by atoms with Crippen LogP contribution < -0.4 is 0 Å². The number of methoxy groups -OCH3 is 1. The lowest BCUT2D eigenvalue weighted by atomic mass is 10.1. The van der Waals surface area contributed by atoms with Crippen LogP contribution >= 0.6 is 11.6 Å². The SMILES string of the molecule is COCCN(C(=O)c1cccc(CCl)c1)C1CC1. The first-order valence-corrected chi connectivity index (χ1v) is 6.74. The Kier molecular flexibility index (Phi) is 4.61. The van der Waals surface area contributed by atoms with E-state index in [0.717, 1.165) is 24.0 Å². The van der Waals surface area contributed by atoms with Crippen molar-refractivity contribution in [3.63, 3.8) is 0 Å². The number of benzene rings is 1. The number of alkyl halides is 1. The quantitative estimate of drug-likeness (QED) is 0.742. The zero-order valence-electron chi connectivity index (χ0n) is 10.6. The lowest BCUT2D eigenvalue weighted by Crippen LogP contribution is -2.35. The molecule has 1 amide bonds. The van der Waals surface area contributed by atoms with Gasteiger partial charge >= 0.3 is 0 Å². The summed E-state index contributed by atoms with van der Waals surface area (Å²) in [6.07, 6.45) is 2.20. The molecule has 0 heterocycles. The monoisotopic (exact) mass is 267 g/mol.